The van der Waals surface area contributed by atoms with E-state index in [4.69, 9.17) is 14.9 Å². The number of hydrogen-bond donors (Lipinski definition) is 1. The highest BCUT2D eigenvalue weighted by Crippen LogP contribution is 2.28. The second kappa shape index (κ2) is 6.78. The molecule has 0 fully saturated rings. The van der Waals surface area contributed by atoms with Crippen LogP contribution in [0.2, 0.25) is 0 Å². The molecule has 0 atom stereocenters. The van der Waals surface area contributed by atoms with Crippen LogP contribution in [0, 0.1) is 0 Å². The Morgan fingerprint density at radius 2 is 1.75 bits per heavy atom. The molecule has 6 nitrogen and oxygen atoms in total. The molecule has 0 saturated carbocycles. The summed E-state index contributed by atoms with van der Waals surface area (Å²) in [6.07, 6.45) is 1.59. The van der Waals surface area contributed by atoms with Crippen LogP contribution < -0.4 is 5.73 Å². The van der Waals surface area contributed by atoms with Gasteiger partial charge in [-0.15, -0.1) is 0 Å². The first kappa shape index (κ1) is 15.5. The number of benzene rings is 2. The third-order valence-corrected chi connectivity index (χ3v) is 3.29. The Hall–Kier alpha value is -3.41. The third kappa shape index (κ3) is 3.33. The van der Waals surface area contributed by atoms with Gasteiger partial charge in [-0.05, 0) is 12.1 Å². The summed E-state index contributed by atoms with van der Waals surface area (Å²) in [7, 11) is 0. The van der Waals surface area contributed by atoms with Gasteiger partial charge in [-0.3, -0.25) is 4.79 Å². The van der Waals surface area contributed by atoms with Crippen LogP contribution in [0.25, 0.3) is 22.8 Å². The van der Waals surface area contributed by atoms with E-state index in [1.165, 1.54) is 0 Å². The molecule has 0 aliphatic heterocycles. The van der Waals surface area contributed by atoms with Crippen LogP contribution in [-0.4, -0.2) is 23.5 Å². The van der Waals surface area contributed by atoms with Crippen molar-refractivity contribution in [2.75, 3.05) is 6.61 Å². The summed E-state index contributed by atoms with van der Waals surface area (Å²) in [6, 6.07) is 16.2. The van der Waals surface area contributed by atoms with E-state index in [9.17, 15) is 9.59 Å². The average molecular weight is 322 g/mol. The molecule has 6 heteroatoms. The SMILES string of the molecule is NC(=O)COC(=O)c1ccccc1-c1ncc(-c2ccccc2)o1. The third-order valence-electron chi connectivity index (χ3n) is 3.29. The van der Waals surface area contributed by atoms with Gasteiger partial charge in [0.15, 0.2) is 12.4 Å². The van der Waals surface area contributed by atoms with E-state index in [0.717, 1.165) is 5.56 Å². The van der Waals surface area contributed by atoms with Crippen molar-refractivity contribution in [1.82, 2.24) is 4.98 Å². The number of carbonyl (C=O) groups excluding carboxylic acids is 2. The van der Waals surface area contributed by atoms with Gasteiger partial charge in [-0.25, -0.2) is 9.78 Å². The molecule has 0 radical (unpaired) electrons. The second-order valence-electron chi connectivity index (χ2n) is 4.98. The fourth-order valence-electron chi connectivity index (χ4n) is 2.20. The first-order chi connectivity index (χ1) is 11.6. The molecule has 120 valence electrons. The molecule has 0 saturated heterocycles. The highest BCUT2D eigenvalue weighted by Gasteiger charge is 2.18. The number of nitrogens with two attached hydrogens (primary N) is 1. The molecule has 2 aromatic carbocycles. The lowest BCUT2D eigenvalue weighted by Crippen LogP contribution is -2.21. The van der Waals surface area contributed by atoms with E-state index in [1.807, 2.05) is 30.3 Å². The molecule has 1 heterocycles. The Kier molecular flexibility index (Phi) is 4.38. The van der Waals surface area contributed by atoms with Gasteiger partial charge in [0.25, 0.3) is 5.91 Å². The lowest BCUT2D eigenvalue weighted by molar-refractivity contribution is -0.121. The van der Waals surface area contributed by atoms with E-state index < -0.39 is 18.5 Å². The molecule has 3 aromatic rings. The first-order valence-electron chi connectivity index (χ1n) is 7.21. The monoisotopic (exact) mass is 322 g/mol. The van der Waals surface area contributed by atoms with Crippen molar-refractivity contribution in [3.8, 4) is 22.8 Å². The Balaban J connectivity index is 1.92. The van der Waals surface area contributed by atoms with E-state index >= 15 is 0 Å². The lowest BCUT2D eigenvalue weighted by Gasteiger charge is -2.06. The Morgan fingerprint density at radius 1 is 1.04 bits per heavy atom. The fraction of sp³-hybridized carbons (Fsp3) is 0.0556. The molecule has 0 aliphatic carbocycles. The molecule has 0 unspecified atom stereocenters. The number of primary amides is 1. The summed E-state index contributed by atoms with van der Waals surface area (Å²) in [5.74, 6) is -0.501. The van der Waals surface area contributed by atoms with Gasteiger partial charge < -0.3 is 14.9 Å². The Labute approximate surface area is 137 Å². The smallest absolute Gasteiger partial charge is 0.339 e. The van der Waals surface area contributed by atoms with Gasteiger partial charge in [0.2, 0.25) is 5.89 Å². The van der Waals surface area contributed by atoms with Crippen LogP contribution in [0.1, 0.15) is 10.4 Å². The summed E-state index contributed by atoms with van der Waals surface area (Å²) in [5, 5.41) is 0. The van der Waals surface area contributed by atoms with Crippen LogP contribution in [-0.2, 0) is 9.53 Å². The molecule has 3 rings (SSSR count). The van der Waals surface area contributed by atoms with Gasteiger partial charge in [0.1, 0.15) is 0 Å². The molecule has 1 amide bonds. The predicted molar refractivity (Wildman–Crippen MR) is 86.9 cm³/mol. The van der Waals surface area contributed by atoms with Gasteiger partial charge >= 0.3 is 5.97 Å². The minimum atomic E-state index is -0.719. The number of ether oxygens (including phenoxy) is 1. The maximum absolute atomic E-state index is 12.1. The molecule has 2 N–H and O–H groups in total. The molecule has 1 aromatic heterocycles. The number of aromatic nitrogens is 1. The number of rotatable bonds is 5. The van der Waals surface area contributed by atoms with Crippen molar-refractivity contribution in [2.24, 2.45) is 5.73 Å². The minimum Gasteiger partial charge on any atom is -0.452 e. The minimum absolute atomic E-state index is 0.250. The zero-order valence-corrected chi connectivity index (χ0v) is 12.6. The zero-order chi connectivity index (χ0) is 16.9. The topological polar surface area (TPSA) is 95.4 Å². The van der Waals surface area contributed by atoms with E-state index in [0.29, 0.717) is 17.2 Å². The summed E-state index contributed by atoms with van der Waals surface area (Å²) in [4.78, 5) is 27.1. The van der Waals surface area contributed by atoms with E-state index in [2.05, 4.69) is 4.98 Å². The number of esters is 1. The number of carbonyl (C=O) groups is 2. The van der Waals surface area contributed by atoms with Gasteiger partial charge in [0.05, 0.1) is 17.3 Å². The number of nitrogens with zero attached hydrogens (tertiary/aromatic N) is 1. The predicted octanol–water partition coefficient (Wildman–Crippen LogP) is 2.65. The van der Waals surface area contributed by atoms with Crippen molar-refractivity contribution in [3.63, 3.8) is 0 Å². The second-order valence-corrected chi connectivity index (χ2v) is 4.98. The Morgan fingerprint density at radius 3 is 2.50 bits per heavy atom. The van der Waals surface area contributed by atoms with Crippen LogP contribution >= 0.6 is 0 Å². The van der Waals surface area contributed by atoms with Crippen LogP contribution in [0.15, 0.2) is 65.2 Å². The number of amides is 1. The highest BCUT2D eigenvalue weighted by atomic mass is 16.5. The van der Waals surface area contributed by atoms with Crippen molar-refractivity contribution in [1.29, 1.82) is 0 Å². The molecular formula is C18H14N2O4. The molecular weight excluding hydrogens is 308 g/mol. The van der Waals surface area contributed by atoms with Crippen molar-refractivity contribution < 1.29 is 18.7 Å². The Bertz CT molecular complexity index is 871. The van der Waals surface area contributed by atoms with Crippen molar-refractivity contribution >= 4 is 11.9 Å². The maximum Gasteiger partial charge on any atom is 0.339 e. The van der Waals surface area contributed by atoms with E-state index in [1.54, 1.807) is 30.5 Å². The quantitative estimate of drug-likeness (QED) is 0.729. The van der Waals surface area contributed by atoms with Gasteiger partial charge in [-0.1, -0.05) is 42.5 Å². The van der Waals surface area contributed by atoms with Gasteiger partial charge in [0, 0.05) is 5.56 Å². The van der Waals surface area contributed by atoms with Crippen molar-refractivity contribution in [3.05, 3.63) is 66.4 Å². The average Bonchev–Trinajstić information content (AvgIpc) is 3.10. The summed E-state index contributed by atoms with van der Waals surface area (Å²) >= 11 is 0. The normalized spacial score (nSPS) is 10.3. The van der Waals surface area contributed by atoms with Crippen LogP contribution in [0.3, 0.4) is 0 Å². The van der Waals surface area contributed by atoms with Gasteiger partial charge in [-0.2, -0.15) is 0 Å². The molecule has 0 spiro atoms. The summed E-state index contributed by atoms with van der Waals surface area (Å²) in [6.45, 7) is -0.478. The largest absolute Gasteiger partial charge is 0.452 e. The fourth-order valence-corrected chi connectivity index (χ4v) is 2.20. The standard InChI is InChI=1S/C18H14N2O4/c19-16(21)11-23-18(22)14-9-5-4-8-13(14)17-20-10-15(24-17)12-6-2-1-3-7-12/h1-10H,11H2,(H2,19,21). The first-order valence-corrected chi connectivity index (χ1v) is 7.21. The summed E-state index contributed by atoms with van der Waals surface area (Å²) < 4.78 is 10.6. The lowest BCUT2D eigenvalue weighted by atomic mass is 10.1. The molecule has 0 bridgehead atoms. The molecule has 24 heavy (non-hydrogen) atoms. The maximum atomic E-state index is 12.1. The molecule has 0 aliphatic rings. The van der Waals surface area contributed by atoms with Crippen LogP contribution in [0.4, 0.5) is 0 Å². The zero-order valence-electron chi connectivity index (χ0n) is 12.6. The van der Waals surface area contributed by atoms with E-state index in [-0.39, 0.29) is 5.56 Å². The van der Waals surface area contributed by atoms with Crippen molar-refractivity contribution in [2.45, 2.75) is 0 Å². The number of hydrogen-bond acceptors (Lipinski definition) is 5. The highest BCUT2D eigenvalue weighted by molar-refractivity contribution is 5.97. The number of oxazole rings is 1. The van der Waals surface area contributed by atoms with Crippen LogP contribution in [0.5, 0.6) is 0 Å². The summed E-state index contributed by atoms with van der Waals surface area (Å²) in [5.41, 5.74) is 6.60.